The molecule has 1 aromatic rings. The molecule has 1 rings (SSSR count). The van der Waals surface area contributed by atoms with Crippen LogP contribution in [0.2, 0.25) is 0 Å². The Morgan fingerprint density at radius 1 is 1.24 bits per heavy atom. The Hall–Kier alpha value is -0.950. The molecule has 120 valence electrons. The smallest absolute Gasteiger partial charge is 0.241 e. The molecule has 0 aliphatic heterocycles. The van der Waals surface area contributed by atoms with Crippen LogP contribution in [0.15, 0.2) is 29.2 Å². The van der Waals surface area contributed by atoms with Crippen LogP contribution in [-0.4, -0.2) is 34.7 Å². The number of methoxy groups -OCH3 is 1. The standard InChI is InChI=1S/C15H26N2O3S/c1-4-10-16-11-13-8-6-7-9-15(13)21(18,19)17-14(5-2)12-20-3/h6-9,14,16-17H,4-5,10-12H2,1-3H3. The van der Waals surface area contributed by atoms with E-state index >= 15 is 0 Å². The summed E-state index contributed by atoms with van der Waals surface area (Å²) < 4.78 is 32.8. The van der Waals surface area contributed by atoms with Crippen LogP contribution in [0.3, 0.4) is 0 Å². The zero-order chi connectivity index (χ0) is 15.7. The predicted molar refractivity (Wildman–Crippen MR) is 84.7 cm³/mol. The Labute approximate surface area is 128 Å². The third-order valence-corrected chi connectivity index (χ3v) is 4.81. The van der Waals surface area contributed by atoms with Crippen LogP contribution in [0.5, 0.6) is 0 Å². The third-order valence-electron chi connectivity index (χ3n) is 3.19. The number of rotatable bonds is 10. The maximum absolute atomic E-state index is 12.5. The largest absolute Gasteiger partial charge is 0.383 e. The van der Waals surface area contributed by atoms with Gasteiger partial charge in [-0.25, -0.2) is 13.1 Å². The van der Waals surface area contributed by atoms with E-state index in [1.807, 2.05) is 19.1 Å². The molecule has 0 aliphatic rings. The molecule has 0 aromatic heterocycles. The van der Waals surface area contributed by atoms with Gasteiger partial charge in [0.2, 0.25) is 10.0 Å². The van der Waals surface area contributed by atoms with Crippen molar-refractivity contribution in [1.82, 2.24) is 10.0 Å². The molecule has 1 unspecified atom stereocenters. The fourth-order valence-corrected chi connectivity index (χ4v) is 3.57. The molecule has 0 bridgehead atoms. The van der Waals surface area contributed by atoms with Gasteiger partial charge in [0.1, 0.15) is 0 Å². The summed E-state index contributed by atoms with van der Waals surface area (Å²) in [6, 6.07) is 6.87. The van der Waals surface area contributed by atoms with Gasteiger partial charge in [-0.3, -0.25) is 0 Å². The van der Waals surface area contributed by atoms with Crippen LogP contribution in [0.4, 0.5) is 0 Å². The maximum Gasteiger partial charge on any atom is 0.241 e. The van der Waals surface area contributed by atoms with E-state index in [0.717, 1.165) is 18.5 Å². The lowest BCUT2D eigenvalue weighted by atomic mass is 10.2. The number of benzene rings is 1. The summed E-state index contributed by atoms with van der Waals surface area (Å²) in [4.78, 5) is 0.336. The molecule has 5 nitrogen and oxygen atoms in total. The molecule has 0 saturated heterocycles. The maximum atomic E-state index is 12.5. The molecule has 6 heteroatoms. The quantitative estimate of drug-likeness (QED) is 0.647. The minimum Gasteiger partial charge on any atom is -0.383 e. The van der Waals surface area contributed by atoms with Crippen molar-refractivity contribution >= 4 is 10.0 Å². The van der Waals surface area contributed by atoms with E-state index in [1.165, 1.54) is 0 Å². The summed E-state index contributed by atoms with van der Waals surface area (Å²) in [7, 11) is -1.96. The molecule has 0 fully saturated rings. The molecular weight excluding hydrogens is 288 g/mol. The van der Waals surface area contributed by atoms with Gasteiger partial charge in [0.25, 0.3) is 0 Å². The van der Waals surface area contributed by atoms with Gasteiger partial charge in [-0.15, -0.1) is 0 Å². The number of ether oxygens (including phenoxy) is 1. The SMILES string of the molecule is CCCNCc1ccccc1S(=O)(=O)NC(CC)COC. The van der Waals surface area contributed by atoms with Gasteiger partial charge >= 0.3 is 0 Å². The minimum absolute atomic E-state index is 0.211. The summed E-state index contributed by atoms with van der Waals surface area (Å²) in [5.41, 5.74) is 0.783. The van der Waals surface area contributed by atoms with Gasteiger partial charge in [-0.1, -0.05) is 32.0 Å². The first-order chi connectivity index (χ1) is 10.0. The zero-order valence-corrected chi connectivity index (χ0v) is 13.9. The van der Waals surface area contributed by atoms with E-state index < -0.39 is 10.0 Å². The second-order valence-electron chi connectivity index (χ2n) is 4.97. The lowest BCUT2D eigenvalue weighted by molar-refractivity contribution is 0.173. The van der Waals surface area contributed by atoms with Crippen molar-refractivity contribution in [2.75, 3.05) is 20.3 Å². The van der Waals surface area contributed by atoms with Crippen LogP contribution in [0, 0.1) is 0 Å². The summed E-state index contributed by atoms with van der Waals surface area (Å²) in [5, 5.41) is 3.24. The average Bonchev–Trinajstić information content (AvgIpc) is 2.47. The molecule has 2 N–H and O–H groups in total. The highest BCUT2D eigenvalue weighted by Gasteiger charge is 2.21. The predicted octanol–water partition coefficient (Wildman–Crippen LogP) is 1.89. The first-order valence-electron chi connectivity index (χ1n) is 7.35. The highest BCUT2D eigenvalue weighted by molar-refractivity contribution is 7.89. The Morgan fingerprint density at radius 3 is 2.57 bits per heavy atom. The first kappa shape index (κ1) is 18.1. The van der Waals surface area contributed by atoms with Crippen molar-refractivity contribution in [1.29, 1.82) is 0 Å². The van der Waals surface area contributed by atoms with Crippen LogP contribution >= 0.6 is 0 Å². The summed E-state index contributed by atoms with van der Waals surface area (Å²) in [5.74, 6) is 0. The van der Waals surface area contributed by atoms with Crippen molar-refractivity contribution < 1.29 is 13.2 Å². The lowest BCUT2D eigenvalue weighted by Gasteiger charge is -2.18. The van der Waals surface area contributed by atoms with E-state index in [1.54, 1.807) is 19.2 Å². The number of hydrogen-bond acceptors (Lipinski definition) is 4. The zero-order valence-electron chi connectivity index (χ0n) is 13.1. The number of sulfonamides is 1. The van der Waals surface area contributed by atoms with E-state index in [9.17, 15) is 8.42 Å². The van der Waals surface area contributed by atoms with Crippen LogP contribution < -0.4 is 10.0 Å². The van der Waals surface area contributed by atoms with E-state index in [-0.39, 0.29) is 6.04 Å². The molecule has 21 heavy (non-hydrogen) atoms. The van der Waals surface area contributed by atoms with E-state index in [2.05, 4.69) is 17.0 Å². The Morgan fingerprint density at radius 2 is 1.95 bits per heavy atom. The lowest BCUT2D eigenvalue weighted by Crippen LogP contribution is -2.38. The van der Waals surface area contributed by atoms with Gasteiger partial charge in [0.15, 0.2) is 0 Å². The van der Waals surface area contributed by atoms with Crippen molar-refractivity contribution in [2.45, 2.75) is 44.2 Å². The van der Waals surface area contributed by atoms with Crippen molar-refractivity contribution in [3.8, 4) is 0 Å². The number of nitrogens with one attached hydrogen (secondary N) is 2. The van der Waals surface area contributed by atoms with Crippen molar-refractivity contribution in [2.24, 2.45) is 0 Å². The Balaban J connectivity index is 2.91. The highest BCUT2D eigenvalue weighted by Crippen LogP contribution is 2.16. The molecule has 0 heterocycles. The second-order valence-corrected chi connectivity index (χ2v) is 6.65. The normalized spacial score (nSPS) is 13.3. The third kappa shape index (κ3) is 5.74. The molecule has 1 atom stereocenters. The van der Waals surface area contributed by atoms with E-state index in [0.29, 0.717) is 24.5 Å². The average molecular weight is 314 g/mol. The summed E-state index contributed by atoms with van der Waals surface area (Å²) in [6.45, 7) is 5.79. The van der Waals surface area contributed by atoms with Crippen LogP contribution in [0.25, 0.3) is 0 Å². The van der Waals surface area contributed by atoms with Gasteiger partial charge < -0.3 is 10.1 Å². The summed E-state index contributed by atoms with van der Waals surface area (Å²) in [6.07, 6.45) is 1.70. The van der Waals surface area contributed by atoms with Gasteiger partial charge in [-0.2, -0.15) is 0 Å². The van der Waals surface area contributed by atoms with Crippen LogP contribution in [-0.2, 0) is 21.3 Å². The molecule has 0 aliphatic carbocycles. The van der Waals surface area contributed by atoms with E-state index in [4.69, 9.17) is 4.74 Å². The fourth-order valence-electron chi connectivity index (χ4n) is 2.03. The highest BCUT2D eigenvalue weighted by atomic mass is 32.2. The fraction of sp³-hybridized carbons (Fsp3) is 0.600. The molecule has 0 spiro atoms. The Kier molecular flexibility index (Phi) is 7.88. The monoisotopic (exact) mass is 314 g/mol. The number of hydrogen-bond donors (Lipinski definition) is 2. The molecule has 0 radical (unpaired) electrons. The van der Waals surface area contributed by atoms with Gasteiger partial charge in [-0.05, 0) is 31.0 Å². The topological polar surface area (TPSA) is 67.4 Å². The van der Waals surface area contributed by atoms with Crippen LogP contribution in [0.1, 0.15) is 32.3 Å². The molecule has 0 saturated carbocycles. The first-order valence-corrected chi connectivity index (χ1v) is 8.83. The second kappa shape index (κ2) is 9.15. The molecule has 1 aromatic carbocycles. The van der Waals surface area contributed by atoms with Crippen molar-refractivity contribution in [3.05, 3.63) is 29.8 Å². The van der Waals surface area contributed by atoms with Gasteiger partial charge in [0.05, 0.1) is 11.5 Å². The van der Waals surface area contributed by atoms with Gasteiger partial charge in [0, 0.05) is 19.7 Å². The Bertz CT molecular complexity index is 517. The summed E-state index contributed by atoms with van der Waals surface area (Å²) >= 11 is 0. The minimum atomic E-state index is -3.53. The molecule has 0 amide bonds. The molecular formula is C15H26N2O3S. The van der Waals surface area contributed by atoms with Crippen molar-refractivity contribution in [3.63, 3.8) is 0 Å².